The summed E-state index contributed by atoms with van der Waals surface area (Å²) in [5.41, 5.74) is 1.19. The van der Waals surface area contributed by atoms with Crippen molar-refractivity contribution in [3.8, 4) is 11.5 Å². The molecule has 0 aromatic heterocycles. The van der Waals surface area contributed by atoms with Crippen molar-refractivity contribution in [1.29, 1.82) is 0 Å². The smallest absolute Gasteiger partial charge is 0.241 e. The summed E-state index contributed by atoms with van der Waals surface area (Å²) >= 11 is 0. The average molecular weight is 421 g/mol. The molecule has 29 heavy (non-hydrogen) atoms. The fraction of sp³-hybridized carbons (Fsp3) is 0.381. The van der Waals surface area contributed by atoms with Crippen LogP contribution in [0.4, 0.5) is 0 Å². The SMILES string of the molecule is COc1ccc(S(=O)(=O)N[C@@H](C)C(=O)N[C@H](C)CCc2ccccc2)cc1OC. The number of sulfonamides is 1. The number of carbonyl (C=O) groups is 1. The van der Waals surface area contributed by atoms with Gasteiger partial charge < -0.3 is 14.8 Å². The summed E-state index contributed by atoms with van der Waals surface area (Å²) in [5.74, 6) is 0.334. The van der Waals surface area contributed by atoms with Crippen molar-refractivity contribution in [2.24, 2.45) is 0 Å². The Balaban J connectivity index is 1.95. The van der Waals surface area contributed by atoms with Gasteiger partial charge in [-0.2, -0.15) is 4.72 Å². The Morgan fingerprint density at radius 3 is 2.28 bits per heavy atom. The molecule has 0 radical (unpaired) electrons. The number of nitrogens with one attached hydrogen (secondary N) is 2. The van der Waals surface area contributed by atoms with Crippen molar-refractivity contribution in [1.82, 2.24) is 10.0 Å². The molecular weight excluding hydrogens is 392 g/mol. The molecule has 0 heterocycles. The van der Waals surface area contributed by atoms with Gasteiger partial charge in [0.2, 0.25) is 15.9 Å². The van der Waals surface area contributed by atoms with E-state index in [1.54, 1.807) is 0 Å². The maximum atomic E-state index is 12.6. The Morgan fingerprint density at radius 1 is 1.00 bits per heavy atom. The fourth-order valence-electron chi connectivity index (χ4n) is 2.81. The minimum absolute atomic E-state index is 0.00748. The molecule has 0 bridgehead atoms. The Labute approximate surface area is 172 Å². The molecule has 1 amide bonds. The van der Waals surface area contributed by atoms with Crippen molar-refractivity contribution in [2.45, 2.75) is 43.7 Å². The maximum absolute atomic E-state index is 12.6. The third-order valence-electron chi connectivity index (χ3n) is 4.49. The lowest BCUT2D eigenvalue weighted by Gasteiger charge is -2.19. The number of carbonyl (C=O) groups excluding carboxylic acids is 1. The molecule has 2 aromatic carbocycles. The van der Waals surface area contributed by atoms with Crippen molar-refractivity contribution < 1.29 is 22.7 Å². The highest BCUT2D eigenvalue weighted by molar-refractivity contribution is 7.89. The number of ether oxygens (including phenoxy) is 2. The molecule has 2 rings (SSSR count). The van der Waals surface area contributed by atoms with Crippen molar-refractivity contribution in [3.05, 3.63) is 54.1 Å². The zero-order valence-corrected chi connectivity index (χ0v) is 18.0. The van der Waals surface area contributed by atoms with E-state index >= 15 is 0 Å². The van der Waals surface area contributed by atoms with Gasteiger partial charge in [0.25, 0.3) is 0 Å². The quantitative estimate of drug-likeness (QED) is 0.616. The summed E-state index contributed by atoms with van der Waals surface area (Å²) in [5, 5.41) is 2.85. The number of aryl methyl sites for hydroxylation is 1. The van der Waals surface area contributed by atoms with Gasteiger partial charge in [-0.15, -0.1) is 0 Å². The first-order chi connectivity index (χ1) is 13.8. The van der Waals surface area contributed by atoms with Gasteiger partial charge in [-0.1, -0.05) is 30.3 Å². The van der Waals surface area contributed by atoms with Gasteiger partial charge in [0.05, 0.1) is 25.2 Å². The third-order valence-corrected chi connectivity index (χ3v) is 6.03. The van der Waals surface area contributed by atoms with Crippen LogP contribution in [0, 0.1) is 0 Å². The molecule has 0 unspecified atom stereocenters. The Bertz CT molecular complexity index is 916. The zero-order chi connectivity index (χ0) is 21.4. The molecule has 0 aliphatic heterocycles. The third kappa shape index (κ3) is 6.47. The predicted molar refractivity (Wildman–Crippen MR) is 112 cm³/mol. The normalized spacial score (nSPS) is 13.4. The highest BCUT2D eigenvalue weighted by Gasteiger charge is 2.24. The first-order valence-electron chi connectivity index (χ1n) is 9.35. The summed E-state index contributed by atoms with van der Waals surface area (Å²) in [7, 11) is -1.01. The molecule has 7 nitrogen and oxygen atoms in total. The summed E-state index contributed by atoms with van der Waals surface area (Å²) in [6, 6.07) is 13.2. The second-order valence-electron chi connectivity index (χ2n) is 6.79. The predicted octanol–water partition coefficient (Wildman–Crippen LogP) is 2.51. The molecule has 2 atom stereocenters. The van der Waals surface area contributed by atoms with Crippen molar-refractivity contribution in [2.75, 3.05) is 14.2 Å². The topological polar surface area (TPSA) is 93.7 Å². The van der Waals surface area contributed by atoms with Crippen LogP contribution in [-0.4, -0.2) is 40.6 Å². The molecule has 0 spiro atoms. The summed E-state index contributed by atoms with van der Waals surface area (Å²) in [6.07, 6.45) is 1.58. The standard InChI is InChI=1S/C21H28N2O5S/c1-15(10-11-17-8-6-5-7-9-17)22-21(24)16(2)23-29(25,26)18-12-13-19(27-3)20(14-18)28-4/h5-9,12-16,23H,10-11H2,1-4H3,(H,22,24)/t15-,16+/m1/s1. The van der Waals surface area contributed by atoms with E-state index < -0.39 is 16.1 Å². The summed E-state index contributed by atoms with van der Waals surface area (Å²) in [4.78, 5) is 12.4. The number of hydrogen-bond donors (Lipinski definition) is 2. The molecule has 8 heteroatoms. The van der Waals surface area contributed by atoms with Gasteiger partial charge in [0, 0.05) is 12.1 Å². The summed E-state index contributed by atoms with van der Waals surface area (Å²) < 4.78 is 37.9. The van der Waals surface area contributed by atoms with Crippen molar-refractivity contribution in [3.63, 3.8) is 0 Å². The van der Waals surface area contributed by atoms with Crippen LogP contribution in [0.25, 0.3) is 0 Å². The first kappa shape index (κ1) is 22.7. The highest BCUT2D eigenvalue weighted by Crippen LogP contribution is 2.29. The number of methoxy groups -OCH3 is 2. The minimum atomic E-state index is -3.90. The monoisotopic (exact) mass is 420 g/mol. The molecule has 0 saturated heterocycles. The molecular formula is C21H28N2O5S. The van der Waals surface area contributed by atoms with Crippen LogP contribution < -0.4 is 19.5 Å². The largest absolute Gasteiger partial charge is 0.493 e. The van der Waals surface area contributed by atoms with Gasteiger partial charge in [-0.25, -0.2) is 8.42 Å². The first-order valence-corrected chi connectivity index (χ1v) is 10.8. The van der Waals surface area contributed by atoms with Crippen LogP contribution in [0.2, 0.25) is 0 Å². The molecule has 0 aliphatic rings. The molecule has 0 saturated carbocycles. The molecule has 2 N–H and O–H groups in total. The molecule has 2 aromatic rings. The Hall–Kier alpha value is -2.58. The Morgan fingerprint density at radius 2 is 1.66 bits per heavy atom. The summed E-state index contributed by atoms with van der Waals surface area (Å²) in [6.45, 7) is 3.41. The number of hydrogen-bond acceptors (Lipinski definition) is 5. The average Bonchev–Trinajstić information content (AvgIpc) is 2.72. The van der Waals surface area contributed by atoms with Gasteiger partial charge in [0.1, 0.15) is 0 Å². The number of rotatable bonds is 10. The fourth-order valence-corrected chi connectivity index (χ4v) is 4.02. The number of benzene rings is 2. The van der Waals surface area contributed by atoms with Gasteiger partial charge >= 0.3 is 0 Å². The van der Waals surface area contributed by atoms with Crippen LogP contribution in [-0.2, 0) is 21.2 Å². The molecule has 0 aliphatic carbocycles. The second kappa shape index (κ2) is 10.3. The van der Waals surface area contributed by atoms with Crippen molar-refractivity contribution >= 4 is 15.9 Å². The van der Waals surface area contributed by atoms with Crippen LogP contribution in [0.3, 0.4) is 0 Å². The van der Waals surface area contributed by atoms with Crippen LogP contribution >= 0.6 is 0 Å². The lowest BCUT2D eigenvalue weighted by atomic mass is 10.1. The lowest BCUT2D eigenvalue weighted by molar-refractivity contribution is -0.123. The van der Waals surface area contributed by atoms with E-state index in [2.05, 4.69) is 10.0 Å². The highest BCUT2D eigenvalue weighted by atomic mass is 32.2. The van der Waals surface area contributed by atoms with Crippen LogP contribution in [0.5, 0.6) is 11.5 Å². The minimum Gasteiger partial charge on any atom is -0.493 e. The van der Waals surface area contributed by atoms with Crippen LogP contribution in [0.15, 0.2) is 53.4 Å². The zero-order valence-electron chi connectivity index (χ0n) is 17.1. The van der Waals surface area contributed by atoms with E-state index in [4.69, 9.17) is 9.47 Å². The van der Waals surface area contributed by atoms with Crippen LogP contribution in [0.1, 0.15) is 25.8 Å². The van der Waals surface area contributed by atoms with E-state index in [0.717, 1.165) is 12.8 Å². The van der Waals surface area contributed by atoms with Gasteiger partial charge in [-0.3, -0.25) is 4.79 Å². The Kier molecular flexibility index (Phi) is 8.04. The second-order valence-corrected chi connectivity index (χ2v) is 8.51. The lowest BCUT2D eigenvalue weighted by Crippen LogP contribution is -2.47. The van der Waals surface area contributed by atoms with E-state index in [0.29, 0.717) is 11.5 Å². The molecule has 158 valence electrons. The maximum Gasteiger partial charge on any atom is 0.241 e. The van der Waals surface area contributed by atoms with E-state index in [1.165, 1.54) is 44.9 Å². The van der Waals surface area contributed by atoms with E-state index in [1.807, 2.05) is 37.3 Å². The van der Waals surface area contributed by atoms with Gasteiger partial charge in [-0.05, 0) is 44.4 Å². The van der Waals surface area contributed by atoms with E-state index in [-0.39, 0.29) is 16.8 Å². The van der Waals surface area contributed by atoms with Gasteiger partial charge in [0.15, 0.2) is 11.5 Å². The van der Waals surface area contributed by atoms with E-state index in [9.17, 15) is 13.2 Å². The molecule has 0 fully saturated rings. The number of amides is 1.